The third-order valence-electron chi connectivity index (χ3n) is 4.98. The number of benzene rings is 2. The second-order valence-electron chi connectivity index (χ2n) is 6.97. The third kappa shape index (κ3) is 4.89. The van der Waals surface area contributed by atoms with Crippen LogP contribution in [0, 0.1) is 0 Å². The predicted octanol–water partition coefficient (Wildman–Crippen LogP) is 4.86. The molecule has 8 heteroatoms. The average Bonchev–Trinajstić information content (AvgIpc) is 3.23. The van der Waals surface area contributed by atoms with Crippen LogP contribution in [0.4, 0.5) is 5.69 Å². The Bertz CT molecular complexity index is 1040. The monoisotopic (exact) mass is 462 g/mol. The van der Waals surface area contributed by atoms with Crippen LogP contribution in [0.1, 0.15) is 16.3 Å². The Morgan fingerprint density at radius 3 is 2.10 bits per heavy atom. The number of anilines is 1. The van der Waals surface area contributed by atoms with Gasteiger partial charge in [0, 0.05) is 46.8 Å². The Balaban J connectivity index is 1.34. The highest BCUT2D eigenvalue weighted by molar-refractivity contribution is 7.84. The SMILES string of the molecule is O=C(c1ccc(C[S@](=O)c2ccc(Cl)cc2)o1)N1CCN(c2ccc(Cl)cc2)CC1. The largest absolute Gasteiger partial charge is 0.455 e. The van der Waals surface area contributed by atoms with E-state index >= 15 is 0 Å². The van der Waals surface area contributed by atoms with Gasteiger partial charge >= 0.3 is 0 Å². The number of furan rings is 1. The van der Waals surface area contributed by atoms with Gasteiger partial charge in [-0.3, -0.25) is 9.00 Å². The van der Waals surface area contributed by atoms with Crippen molar-refractivity contribution in [2.75, 3.05) is 31.1 Å². The van der Waals surface area contributed by atoms with Crippen LogP contribution in [-0.2, 0) is 16.6 Å². The Labute approximate surface area is 187 Å². The summed E-state index contributed by atoms with van der Waals surface area (Å²) in [6.45, 7) is 2.69. The van der Waals surface area contributed by atoms with Crippen LogP contribution in [-0.4, -0.2) is 41.2 Å². The van der Waals surface area contributed by atoms with E-state index in [1.807, 2.05) is 24.3 Å². The number of halogens is 2. The molecule has 0 spiro atoms. The van der Waals surface area contributed by atoms with Gasteiger partial charge in [-0.05, 0) is 60.7 Å². The van der Waals surface area contributed by atoms with Crippen molar-refractivity contribution >= 4 is 45.6 Å². The first-order valence-electron chi connectivity index (χ1n) is 9.52. The topological polar surface area (TPSA) is 53.8 Å². The normalized spacial score (nSPS) is 15.3. The molecule has 1 fully saturated rings. The van der Waals surface area contributed by atoms with Gasteiger partial charge < -0.3 is 14.2 Å². The highest BCUT2D eigenvalue weighted by Gasteiger charge is 2.24. The van der Waals surface area contributed by atoms with Crippen molar-refractivity contribution in [2.24, 2.45) is 0 Å². The van der Waals surface area contributed by atoms with Crippen molar-refractivity contribution in [3.05, 3.63) is 82.2 Å². The van der Waals surface area contributed by atoms with Crippen LogP contribution < -0.4 is 4.90 Å². The first kappa shape index (κ1) is 21.0. The molecule has 0 radical (unpaired) electrons. The maximum atomic E-state index is 12.8. The summed E-state index contributed by atoms with van der Waals surface area (Å²) in [7, 11) is -1.27. The zero-order chi connectivity index (χ0) is 21.1. The molecular weight excluding hydrogens is 443 g/mol. The van der Waals surface area contributed by atoms with Crippen molar-refractivity contribution < 1.29 is 13.4 Å². The number of hydrogen-bond donors (Lipinski definition) is 0. The lowest BCUT2D eigenvalue weighted by Gasteiger charge is -2.35. The van der Waals surface area contributed by atoms with E-state index in [1.165, 1.54) is 0 Å². The van der Waals surface area contributed by atoms with Gasteiger partial charge in [0.2, 0.25) is 0 Å². The lowest BCUT2D eigenvalue weighted by atomic mass is 10.2. The van der Waals surface area contributed by atoms with Crippen molar-refractivity contribution in [2.45, 2.75) is 10.6 Å². The van der Waals surface area contributed by atoms with Crippen LogP contribution in [0.5, 0.6) is 0 Å². The lowest BCUT2D eigenvalue weighted by molar-refractivity contribution is 0.0713. The van der Waals surface area contributed by atoms with Crippen molar-refractivity contribution in [3.63, 3.8) is 0 Å². The highest BCUT2D eigenvalue weighted by atomic mass is 35.5. The van der Waals surface area contributed by atoms with E-state index in [4.69, 9.17) is 27.6 Å². The summed E-state index contributed by atoms with van der Waals surface area (Å²) in [5.41, 5.74) is 1.09. The summed E-state index contributed by atoms with van der Waals surface area (Å²) >= 11 is 11.8. The number of rotatable bonds is 5. The van der Waals surface area contributed by atoms with E-state index < -0.39 is 10.8 Å². The Hall–Kier alpha value is -2.28. The number of carbonyl (C=O) groups is 1. The van der Waals surface area contributed by atoms with E-state index in [-0.39, 0.29) is 17.4 Å². The summed E-state index contributed by atoms with van der Waals surface area (Å²) in [5, 5.41) is 1.30. The molecule has 4 rings (SSSR count). The minimum Gasteiger partial charge on any atom is -0.455 e. The van der Waals surface area contributed by atoms with E-state index in [1.54, 1.807) is 41.3 Å². The predicted molar refractivity (Wildman–Crippen MR) is 120 cm³/mol. The van der Waals surface area contributed by atoms with Crippen LogP contribution in [0.3, 0.4) is 0 Å². The molecule has 0 unspecified atom stereocenters. The number of piperazine rings is 1. The van der Waals surface area contributed by atoms with Crippen molar-refractivity contribution in [3.8, 4) is 0 Å². The van der Waals surface area contributed by atoms with Gasteiger partial charge in [0.15, 0.2) is 5.76 Å². The Kier molecular flexibility index (Phi) is 6.46. The van der Waals surface area contributed by atoms with Gasteiger partial charge in [-0.15, -0.1) is 0 Å². The van der Waals surface area contributed by atoms with E-state index in [0.717, 1.165) is 18.8 Å². The van der Waals surface area contributed by atoms with Crippen LogP contribution in [0.15, 0.2) is 70.0 Å². The van der Waals surface area contributed by atoms with Gasteiger partial charge in [-0.2, -0.15) is 0 Å². The zero-order valence-electron chi connectivity index (χ0n) is 16.1. The second-order valence-corrected chi connectivity index (χ2v) is 9.29. The molecule has 1 aromatic heterocycles. The Morgan fingerprint density at radius 1 is 0.867 bits per heavy atom. The maximum Gasteiger partial charge on any atom is 0.289 e. The Morgan fingerprint density at radius 2 is 1.47 bits per heavy atom. The summed E-state index contributed by atoms with van der Waals surface area (Å²) in [4.78, 5) is 17.5. The van der Waals surface area contributed by atoms with E-state index in [0.29, 0.717) is 33.8 Å². The fourth-order valence-electron chi connectivity index (χ4n) is 3.34. The van der Waals surface area contributed by atoms with Gasteiger partial charge in [-0.25, -0.2) is 0 Å². The standard InChI is InChI=1S/C22H20Cl2N2O3S/c23-16-1-5-18(6-2-16)25-11-13-26(14-12-25)22(27)21-10-7-19(29-21)15-30(28)20-8-3-17(24)4-9-20/h1-10H,11-15H2/t30-/m0/s1. The quantitative estimate of drug-likeness (QED) is 0.543. The molecule has 1 saturated heterocycles. The summed E-state index contributed by atoms with van der Waals surface area (Å²) in [6, 6.07) is 17.9. The molecule has 0 aliphatic carbocycles. The summed E-state index contributed by atoms with van der Waals surface area (Å²) < 4.78 is 18.2. The number of carbonyl (C=O) groups excluding carboxylic acids is 1. The van der Waals surface area contributed by atoms with E-state index in [9.17, 15) is 9.00 Å². The molecule has 3 aromatic rings. The fraction of sp³-hybridized carbons (Fsp3) is 0.227. The summed E-state index contributed by atoms with van der Waals surface area (Å²) in [5.74, 6) is 0.859. The number of hydrogen-bond acceptors (Lipinski definition) is 4. The van der Waals surface area contributed by atoms with Crippen LogP contribution >= 0.6 is 23.2 Å². The average molecular weight is 463 g/mol. The molecule has 0 N–H and O–H groups in total. The molecule has 1 atom stereocenters. The van der Waals surface area contributed by atoms with Gasteiger partial charge in [0.25, 0.3) is 5.91 Å². The van der Waals surface area contributed by atoms with Crippen molar-refractivity contribution in [1.82, 2.24) is 4.90 Å². The molecule has 2 heterocycles. The molecule has 5 nitrogen and oxygen atoms in total. The first-order chi connectivity index (χ1) is 14.5. The zero-order valence-corrected chi connectivity index (χ0v) is 18.4. The fourth-order valence-corrected chi connectivity index (χ4v) is 4.62. The first-order valence-corrected chi connectivity index (χ1v) is 11.6. The molecule has 0 bridgehead atoms. The van der Waals surface area contributed by atoms with Gasteiger partial charge in [0.05, 0.1) is 16.6 Å². The van der Waals surface area contributed by atoms with Gasteiger partial charge in [0.1, 0.15) is 5.76 Å². The molecule has 30 heavy (non-hydrogen) atoms. The highest BCUT2D eigenvalue weighted by Crippen LogP contribution is 2.21. The molecule has 1 amide bonds. The molecule has 156 valence electrons. The molecule has 0 saturated carbocycles. The second kappa shape index (κ2) is 9.25. The molecule has 2 aromatic carbocycles. The lowest BCUT2D eigenvalue weighted by Crippen LogP contribution is -2.48. The molecular formula is C22H20Cl2N2O3S. The number of amides is 1. The van der Waals surface area contributed by atoms with Crippen LogP contribution in [0.2, 0.25) is 10.0 Å². The van der Waals surface area contributed by atoms with Crippen LogP contribution in [0.25, 0.3) is 0 Å². The molecule has 1 aliphatic rings. The minimum absolute atomic E-state index is 0.144. The minimum atomic E-state index is -1.27. The number of nitrogens with zero attached hydrogens (tertiary/aromatic N) is 2. The smallest absolute Gasteiger partial charge is 0.289 e. The van der Waals surface area contributed by atoms with Crippen molar-refractivity contribution in [1.29, 1.82) is 0 Å². The summed E-state index contributed by atoms with van der Waals surface area (Å²) in [6.07, 6.45) is 0. The third-order valence-corrected chi connectivity index (χ3v) is 6.83. The van der Waals surface area contributed by atoms with Gasteiger partial charge in [-0.1, -0.05) is 23.2 Å². The molecule has 1 aliphatic heterocycles. The maximum absolute atomic E-state index is 12.8. The van der Waals surface area contributed by atoms with E-state index in [2.05, 4.69) is 4.90 Å².